The van der Waals surface area contributed by atoms with Crippen LogP contribution in [0.15, 0.2) is 22.7 Å². The van der Waals surface area contributed by atoms with Crippen molar-refractivity contribution < 1.29 is 9.26 Å². The monoisotopic (exact) mass is 251 g/mol. The van der Waals surface area contributed by atoms with Gasteiger partial charge in [-0.15, -0.1) is 0 Å². The molecule has 1 aromatic heterocycles. The third-order valence-electron chi connectivity index (χ3n) is 2.22. The molecule has 0 aliphatic rings. The molecular formula is C11H13N3O2S. The first-order chi connectivity index (χ1) is 8.24. The van der Waals surface area contributed by atoms with Gasteiger partial charge >= 0.3 is 0 Å². The number of rotatable bonds is 4. The number of nitrogen functional groups attached to an aromatic ring is 1. The van der Waals surface area contributed by atoms with Gasteiger partial charge in [-0.25, -0.2) is 0 Å². The van der Waals surface area contributed by atoms with E-state index in [0.29, 0.717) is 23.2 Å². The Labute approximate surface area is 103 Å². The highest BCUT2D eigenvalue weighted by Gasteiger charge is 2.10. The van der Waals surface area contributed by atoms with E-state index in [0.717, 1.165) is 11.3 Å². The lowest BCUT2D eigenvalue weighted by Gasteiger charge is -2.04. The Bertz CT molecular complexity index is 513. The molecule has 0 radical (unpaired) electrons. The number of nitrogens with zero attached hydrogens (tertiary/aromatic N) is 2. The number of anilines is 1. The lowest BCUT2D eigenvalue weighted by atomic mass is 10.2. The van der Waals surface area contributed by atoms with Gasteiger partial charge in [0.2, 0.25) is 0 Å². The average molecular weight is 251 g/mol. The van der Waals surface area contributed by atoms with Crippen molar-refractivity contribution in [2.24, 2.45) is 0 Å². The van der Waals surface area contributed by atoms with Gasteiger partial charge < -0.3 is 15.0 Å². The molecule has 0 spiro atoms. The molecule has 0 aliphatic heterocycles. The average Bonchev–Trinajstić information content (AvgIpc) is 2.78. The molecule has 2 N–H and O–H groups in total. The topological polar surface area (TPSA) is 74.2 Å². The van der Waals surface area contributed by atoms with Gasteiger partial charge in [0.05, 0.1) is 18.6 Å². The standard InChI is InChI=1S/C11H13N3O2S/c1-15-9-4-3-7(5-8(9)12)11-13-10(6-17-2)14-16-11/h3-5H,6,12H2,1-2H3. The Morgan fingerprint density at radius 3 is 2.94 bits per heavy atom. The molecular weight excluding hydrogens is 238 g/mol. The molecule has 0 fully saturated rings. The number of benzene rings is 1. The highest BCUT2D eigenvalue weighted by Crippen LogP contribution is 2.27. The summed E-state index contributed by atoms with van der Waals surface area (Å²) in [4.78, 5) is 4.27. The van der Waals surface area contributed by atoms with E-state index in [4.69, 9.17) is 15.0 Å². The van der Waals surface area contributed by atoms with Gasteiger partial charge in [-0.1, -0.05) is 5.16 Å². The van der Waals surface area contributed by atoms with Gasteiger partial charge in [0.1, 0.15) is 5.75 Å². The minimum absolute atomic E-state index is 0.475. The van der Waals surface area contributed by atoms with Crippen molar-refractivity contribution >= 4 is 17.4 Å². The van der Waals surface area contributed by atoms with Gasteiger partial charge in [-0.2, -0.15) is 16.7 Å². The van der Waals surface area contributed by atoms with E-state index in [-0.39, 0.29) is 0 Å². The van der Waals surface area contributed by atoms with E-state index >= 15 is 0 Å². The Hall–Kier alpha value is -1.69. The van der Waals surface area contributed by atoms with Crippen LogP contribution < -0.4 is 10.5 Å². The van der Waals surface area contributed by atoms with Crippen LogP contribution in [0.3, 0.4) is 0 Å². The van der Waals surface area contributed by atoms with Gasteiger partial charge in [-0.05, 0) is 24.5 Å². The van der Waals surface area contributed by atoms with Crippen molar-refractivity contribution in [3.8, 4) is 17.2 Å². The largest absolute Gasteiger partial charge is 0.495 e. The van der Waals surface area contributed by atoms with Crippen molar-refractivity contribution in [3.05, 3.63) is 24.0 Å². The summed E-state index contributed by atoms with van der Waals surface area (Å²) >= 11 is 1.64. The Morgan fingerprint density at radius 2 is 2.29 bits per heavy atom. The first-order valence-corrected chi connectivity index (χ1v) is 6.39. The molecule has 0 unspecified atom stereocenters. The fourth-order valence-corrected chi connectivity index (χ4v) is 1.80. The second-order valence-corrected chi connectivity index (χ2v) is 4.27. The van der Waals surface area contributed by atoms with E-state index < -0.39 is 0 Å². The molecule has 0 saturated carbocycles. The van der Waals surface area contributed by atoms with Crippen LogP contribution in [0.25, 0.3) is 11.5 Å². The molecule has 1 heterocycles. The third-order valence-corrected chi connectivity index (χ3v) is 2.77. The summed E-state index contributed by atoms with van der Waals surface area (Å²) in [7, 11) is 1.58. The van der Waals surface area contributed by atoms with Crippen LogP contribution in [0.4, 0.5) is 5.69 Å². The first-order valence-electron chi connectivity index (χ1n) is 5.00. The van der Waals surface area contributed by atoms with Crippen LogP contribution in [0, 0.1) is 0 Å². The maximum absolute atomic E-state index is 5.82. The molecule has 6 heteroatoms. The molecule has 0 amide bonds. The van der Waals surface area contributed by atoms with Gasteiger partial charge in [-0.3, -0.25) is 0 Å². The molecule has 0 bridgehead atoms. The predicted molar refractivity (Wildman–Crippen MR) is 67.9 cm³/mol. The summed E-state index contributed by atoms with van der Waals surface area (Å²) < 4.78 is 10.2. The number of methoxy groups -OCH3 is 1. The minimum atomic E-state index is 0.475. The number of hydrogen-bond acceptors (Lipinski definition) is 6. The molecule has 90 valence electrons. The zero-order valence-corrected chi connectivity index (χ0v) is 10.5. The predicted octanol–water partition coefficient (Wildman–Crippen LogP) is 2.19. The minimum Gasteiger partial charge on any atom is -0.495 e. The molecule has 5 nitrogen and oxygen atoms in total. The van der Waals surface area contributed by atoms with Crippen LogP contribution >= 0.6 is 11.8 Å². The lowest BCUT2D eigenvalue weighted by molar-refractivity contribution is 0.416. The molecule has 1 aromatic carbocycles. The molecule has 2 aromatic rings. The lowest BCUT2D eigenvalue weighted by Crippen LogP contribution is -1.92. The maximum Gasteiger partial charge on any atom is 0.258 e. The van der Waals surface area contributed by atoms with Crippen molar-refractivity contribution in [2.75, 3.05) is 19.1 Å². The van der Waals surface area contributed by atoms with Crippen molar-refractivity contribution in [1.29, 1.82) is 0 Å². The van der Waals surface area contributed by atoms with Crippen LogP contribution in [-0.4, -0.2) is 23.5 Å². The normalized spacial score (nSPS) is 10.5. The van der Waals surface area contributed by atoms with E-state index in [2.05, 4.69) is 10.1 Å². The van der Waals surface area contributed by atoms with Gasteiger partial charge in [0.15, 0.2) is 5.82 Å². The van der Waals surface area contributed by atoms with E-state index in [1.54, 1.807) is 31.0 Å². The summed E-state index contributed by atoms with van der Waals surface area (Å²) in [5.41, 5.74) is 7.16. The first kappa shape index (κ1) is 11.8. The fraction of sp³-hybridized carbons (Fsp3) is 0.273. The van der Waals surface area contributed by atoms with Gasteiger partial charge in [0, 0.05) is 5.56 Å². The SMILES string of the molecule is COc1ccc(-c2nc(CSC)no2)cc1N. The van der Waals surface area contributed by atoms with E-state index in [1.807, 2.05) is 12.3 Å². The Kier molecular flexibility index (Phi) is 3.53. The highest BCUT2D eigenvalue weighted by atomic mass is 32.2. The smallest absolute Gasteiger partial charge is 0.258 e. The number of thioether (sulfide) groups is 1. The molecule has 17 heavy (non-hydrogen) atoms. The van der Waals surface area contributed by atoms with Crippen LogP contribution in [0.5, 0.6) is 5.75 Å². The van der Waals surface area contributed by atoms with E-state index in [9.17, 15) is 0 Å². The van der Waals surface area contributed by atoms with Crippen LogP contribution in [0.1, 0.15) is 5.82 Å². The third kappa shape index (κ3) is 2.52. The van der Waals surface area contributed by atoms with Crippen molar-refractivity contribution in [3.63, 3.8) is 0 Å². The summed E-state index contributed by atoms with van der Waals surface area (Å²) in [6.07, 6.45) is 1.99. The number of hydrogen-bond donors (Lipinski definition) is 1. The molecule has 0 atom stereocenters. The second kappa shape index (κ2) is 5.09. The summed E-state index contributed by atoms with van der Waals surface area (Å²) in [6.45, 7) is 0. The van der Waals surface area contributed by atoms with E-state index in [1.165, 1.54) is 0 Å². The summed E-state index contributed by atoms with van der Waals surface area (Å²) in [6, 6.07) is 5.38. The zero-order valence-electron chi connectivity index (χ0n) is 9.64. The quantitative estimate of drug-likeness (QED) is 0.840. The van der Waals surface area contributed by atoms with Gasteiger partial charge in [0.25, 0.3) is 5.89 Å². The Balaban J connectivity index is 2.29. The molecule has 0 saturated heterocycles. The zero-order chi connectivity index (χ0) is 12.3. The highest BCUT2D eigenvalue weighted by molar-refractivity contribution is 7.97. The second-order valence-electron chi connectivity index (χ2n) is 3.41. The number of ether oxygens (including phenoxy) is 1. The van der Waals surface area contributed by atoms with Crippen molar-refractivity contribution in [2.45, 2.75) is 5.75 Å². The summed E-state index contributed by atoms with van der Waals surface area (Å²) in [5.74, 6) is 2.53. The molecule has 0 aliphatic carbocycles. The summed E-state index contributed by atoms with van der Waals surface area (Å²) in [5, 5.41) is 3.88. The number of aromatic nitrogens is 2. The Morgan fingerprint density at radius 1 is 1.47 bits per heavy atom. The number of nitrogens with two attached hydrogens (primary N) is 1. The van der Waals surface area contributed by atoms with Crippen LogP contribution in [0.2, 0.25) is 0 Å². The van der Waals surface area contributed by atoms with Crippen molar-refractivity contribution in [1.82, 2.24) is 10.1 Å². The molecule has 2 rings (SSSR count). The van der Waals surface area contributed by atoms with Crippen LogP contribution in [-0.2, 0) is 5.75 Å². The fourth-order valence-electron chi connectivity index (χ4n) is 1.43. The maximum atomic E-state index is 5.82.